The van der Waals surface area contributed by atoms with Gasteiger partial charge in [0.05, 0.1) is 18.1 Å². The molecule has 0 bridgehead atoms. The highest BCUT2D eigenvalue weighted by Gasteiger charge is 2.26. The number of hydrogen-bond donors (Lipinski definition) is 2. The first-order valence-electron chi connectivity index (χ1n) is 17.1. The Kier molecular flexibility index (Phi) is 10.8. The molecule has 0 aliphatic carbocycles. The van der Waals surface area contributed by atoms with Crippen LogP contribution in [0.1, 0.15) is 58.9 Å². The lowest BCUT2D eigenvalue weighted by molar-refractivity contribution is -0.148. The van der Waals surface area contributed by atoms with Crippen LogP contribution in [0.2, 0.25) is 5.02 Å². The number of halogens is 1. The second kappa shape index (κ2) is 15.6. The van der Waals surface area contributed by atoms with Gasteiger partial charge in [0.25, 0.3) is 5.91 Å². The standard InChI is InChI=1S/C40H42ClN3O5/c1-2-49-40(48)30-19-23-44(24-20-30)36-14-10-34(11-15-36)42-38(45)31-7-16-37(28-3-8-33(41)9-4-28)32(26-31)25-27-17-21-43(22-18-27)35-12-5-29(6-13-35)39(46)47/h3-16,26-27,30H,2,17-25H2,1H3,(H,42,45)(H,46,47). The van der Waals surface area contributed by atoms with E-state index >= 15 is 0 Å². The van der Waals surface area contributed by atoms with Crippen molar-refractivity contribution in [3.05, 3.63) is 113 Å². The lowest BCUT2D eigenvalue weighted by atomic mass is 9.86. The zero-order valence-electron chi connectivity index (χ0n) is 27.7. The molecule has 4 aromatic carbocycles. The molecule has 4 aromatic rings. The van der Waals surface area contributed by atoms with Crippen LogP contribution in [-0.2, 0) is 16.0 Å². The van der Waals surface area contributed by atoms with E-state index in [1.54, 1.807) is 12.1 Å². The summed E-state index contributed by atoms with van der Waals surface area (Å²) in [5.41, 5.74) is 7.00. The number of carbonyl (C=O) groups excluding carboxylic acids is 2. The summed E-state index contributed by atoms with van der Waals surface area (Å²) in [4.78, 5) is 41.5. The predicted molar refractivity (Wildman–Crippen MR) is 195 cm³/mol. The third kappa shape index (κ3) is 8.43. The first-order chi connectivity index (χ1) is 23.8. The molecular formula is C40H42ClN3O5. The van der Waals surface area contributed by atoms with E-state index in [1.165, 1.54) is 0 Å². The van der Waals surface area contributed by atoms with Gasteiger partial charge in [-0.3, -0.25) is 9.59 Å². The molecule has 0 unspecified atom stereocenters. The number of carboxylic acid groups (broad SMARTS) is 1. The fourth-order valence-electron chi connectivity index (χ4n) is 6.93. The van der Waals surface area contributed by atoms with Gasteiger partial charge in [-0.15, -0.1) is 0 Å². The van der Waals surface area contributed by atoms with E-state index in [0.29, 0.717) is 28.7 Å². The molecule has 2 aliphatic heterocycles. The van der Waals surface area contributed by atoms with Gasteiger partial charge in [-0.25, -0.2) is 4.79 Å². The molecule has 254 valence electrons. The minimum atomic E-state index is -0.920. The monoisotopic (exact) mass is 679 g/mol. The van der Waals surface area contributed by atoms with Crippen LogP contribution in [0.15, 0.2) is 91.0 Å². The average molecular weight is 680 g/mol. The number of esters is 1. The Bertz CT molecular complexity index is 1760. The van der Waals surface area contributed by atoms with E-state index in [9.17, 15) is 19.5 Å². The number of nitrogens with one attached hydrogen (secondary N) is 1. The smallest absolute Gasteiger partial charge is 0.335 e. The maximum atomic E-state index is 13.5. The fraction of sp³-hybridized carbons (Fsp3) is 0.325. The van der Waals surface area contributed by atoms with Crippen LogP contribution in [0.4, 0.5) is 17.1 Å². The summed E-state index contributed by atoms with van der Waals surface area (Å²) in [5, 5.41) is 13.0. The van der Waals surface area contributed by atoms with Crippen LogP contribution in [0.25, 0.3) is 11.1 Å². The van der Waals surface area contributed by atoms with Crippen molar-refractivity contribution in [2.45, 2.75) is 39.0 Å². The Morgan fingerprint density at radius 3 is 1.94 bits per heavy atom. The Hall–Kier alpha value is -4.82. The van der Waals surface area contributed by atoms with Crippen molar-refractivity contribution in [1.82, 2.24) is 0 Å². The Morgan fingerprint density at radius 1 is 0.776 bits per heavy atom. The molecule has 2 N–H and O–H groups in total. The molecule has 8 nitrogen and oxygen atoms in total. The van der Waals surface area contributed by atoms with Gasteiger partial charge in [0.1, 0.15) is 0 Å². The molecule has 6 rings (SSSR count). The van der Waals surface area contributed by atoms with Crippen molar-refractivity contribution in [2.24, 2.45) is 11.8 Å². The molecular weight excluding hydrogens is 638 g/mol. The number of hydrogen-bond acceptors (Lipinski definition) is 6. The number of aromatic carboxylic acids is 1. The lowest BCUT2D eigenvalue weighted by Gasteiger charge is -2.34. The molecule has 0 radical (unpaired) electrons. The Labute approximate surface area is 292 Å². The second-order valence-corrected chi connectivity index (χ2v) is 13.3. The van der Waals surface area contributed by atoms with Gasteiger partial charge in [-0.2, -0.15) is 0 Å². The highest BCUT2D eigenvalue weighted by Crippen LogP contribution is 2.33. The van der Waals surface area contributed by atoms with Gasteiger partial charge in [-0.05, 0) is 134 Å². The first kappa shape index (κ1) is 34.1. The fourth-order valence-corrected chi connectivity index (χ4v) is 7.05. The van der Waals surface area contributed by atoms with E-state index in [-0.39, 0.29) is 17.8 Å². The number of rotatable bonds is 10. The van der Waals surface area contributed by atoms with Crippen molar-refractivity contribution < 1.29 is 24.2 Å². The van der Waals surface area contributed by atoms with E-state index in [2.05, 4.69) is 15.1 Å². The molecule has 9 heteroatoms. The quantitative estimate of drug-likeness (QED) is 0.163. The maximum absolute atomic E-state index is 13.5. The van der Waals surface area contributed by atoms with Gasteiger partial charge in [0.2, 0.25) is 0 Å². The first-order valence-corrected chi connectivity index (χ1v) is 17.5. The van der Waals surface area contributed by atoms with Crippen LogP contribution in [0.5, 0.6) is 0 Å². The van der Waals surface area contributed by atoms with Crippen LogP contribution < -0.4 is 15.1 Å². The van der Waals surface area contributed by atoms with Crippen molar-refractivity contribution in [1.29, 1.82) is 0 Å². The number of ether oxygens (including phenoxy) is 1. The van der Waals surface area contributed by atoms with Crippen LogP contribution in [0, 0.1) is 11.8 Å². The lowest BCUT2D eigenvalue weighted by Crippen LogP contribution is -2.36. The SMILES string of the molecule is CCOC(=O)C1CCN(c2ccc(NC(=O)c3ccc(-c4ccc(Cl)cc4)c(CC4CCN(c5ccc(C(=O)O)cc5)CC4)c3)cc2)CC1. The van der Waals surface area contributed by atoms with E-state index in [4.69, 9.17) is 16.3 Å². The van der Waals surface area contributed by atoms with Gasteiger partial charge in [0, 0.05) is 53.8 Å². The topological polar surface area (TPSA) is 99.2 Å². The van der Waals surface area contributed by atoms with E-state index in [1.807, 2.05) is 85.8 Å². The number of anilines is 3. The summed E-state index contributed by atoms with van der Waals surface area (Å²) in [7, 11) is 0. The largest absolute Gasteiger partial charge is 0.478 e. The summed E-state index contributed by atoms with van der Waals surface area (Å²) >= 11 is 6.20. The van der Waals surface area contributed by atoms with Gasteiger partial charge >= 0.3 is 11.9 Å². The highest BCUT2D eigenvalue weighted by atomic mass is 35.5. The molecule has 0 saturated carbocycles. The minimum Gasteiger partial charge on any atom is -0.478 e. The molecule has 2 aliphatic rings. The van der Waals surface area contributed by atoms with Crippen molar-refractivity contribution >= 4 is 46.5 Å². The normalized spacial score (nSPS) is 15.6. The third-order valence-corrected chi connectivity index (χ3v) is 9.98. The molecule has 0 aromatic heterocycles. The predicted octanol–water partition coefficient (Wildman–Crippen LogP) is 8.20. The highest BCUT2D eigenvalue weighted by molar-refractivity contribution is 6.30. The molecule has 0 spiro atoms. The van der Waals surface area contributed by atoms with Crippen molar-refractivity contribution in [3.63, 3.8) is 0 Å². The zero-order chi connectivity index (χ0) is 34.3. The average Bonchev–Trinajstić information content (AvgIpc) is 3.13. The van der Waals surface area contributed by atoms with Gasteiger partial charge in [0.15, 0.2) is 0 Å². The van der Waals surface area contributed by atoms with Crippen LogP contribution in [0.3, 0.4) is 0 Å². The summed E-state index contributed by atoms with van der Waals surface area (Å²) in [6.07, 6.45) is 4.36. The van der Waals surface area contributed by atoms with E-state index in [0.717, 1.165) is 92.0 Å². The maximum Gasteiger partial charge on any atom is 0.335 e. The molecule has 0 atom stereocenters. The molecule has 1 amide bonds. The van der Waals surface area contributed by atoms with E-state index < -0.39 is 5.97 Å². The Balaban J connectivity index is 1.12. The second-order valence-electron chi connectivity index (χ2n) is 12.9. The number of piperidine rings is 2. The minimum absolute atomic E-state index is 0.0384. The van der Waals surface area contributed by atoms with Crippen LogP contribution >= 0.6 is 11.6 Å². The van der Waals surface area contributed by atoms with Gasteiger partial charge < -0.3 is 25.0 Å². The number of carboxylic acids is 1. The third-order valence-electron chi connectivity index (χ3n) is 9.73. The molecule has 2 saturated heterocycles. The number of amides is 1. The molecule has 2 heterocycles. The van der Waals surface area contributed by atoms with Crippen molar-refractivity contribution in [3.8, 4) is 11.1 Å². The Morgan fingerprint density at radius 2 is 1.35 bits per heavy atom. The van der Waals surface area contributed by atoms with Crippen molar-refractivity contribution in [2.75, 3.05) is 47.9 Å². The number of carbonyl (C=O) groups is 3. The molecule has 2 fully saturated rings. The summed E-state index contributed by atoms with van der Waals surface area (Å²) < 4.78 is 5.20. The summed E-state index contributed by atoms with van der Waals surface area (Å²) in [5.74, 6) is -0.781. The number of benzene rings is 4. The van der Waals surface area contributed by atoms with Gasteiger partial charge in [-0.1, -0.05) is 29.8 Å². The zero-order valence-corrected chi connectivity index (χ0v) is 28.5. The summed E-state index contributed by atoms with van der Waals surface area (Å²) in [6, 6.07) is 28.7. The molecule has 49 heavy (non-hydrogen) atoms. The number of nitrogens with zero attached hydrogens (tertiary/aromatic N) is 2. The summed E-state index contributed by atoms with van der Waals surface area (Å²) in [6.45, 7) is 5.59. The van der Waals surface area contributed by atoms with Crippen LogP contribution in [-0.4, -0.2) is 55.7 Å².